The molecule has 0 radical (unpaired) electrons. The van der Waals surface area contributed by atoms with Gasteiger partial charge in [-0.3, -0.25) is 9.42 Å². The van der Waals surface area contributed by atoms with Crippen LogP contribution in [0.4, 0.5) is 4.20 Å². The summed E-state index contributed by atoms with van der Waals surface area (Å²) in [6, 6.07) is 0. The maximum absolute atomic E-state index is 11.5. The van der Waals surface area contributed by atoms with Gasteiger partial charge in [-0.25, -0.2) is 4.57 Å². The van der Waals surface area contributed by atoms with E-state index in [0.29, 0.717) is 0 Å². The normalized spacial score (nSPS) is 17.2. The van der Waals surface area contributed by atoms with Crippen molar-refractivity contribution < 1.29 is 22.9 Å². The third kappa shape index (κ3) is 8.04. The minimum atomic E-state index is -4.78. The average Bonchev–Trinajstić information content (AvgIpc) is 1.63. The number of methoxy groups -OCH3 is 1. The lowest BCUT2D eigenvalue weighted by Gasteiger charge is -2.00. The van der Waals surface area contributed by atoms with Gasteiger partial charge in [0.1, 0.15) is 0 Å². The molecule has 6 heteroatoms. The smallest absolute Gasteiger partial charge is 0.382 e. The van der Waals surface area contributed by atoms with Crippen LogP contribution in [-0.2, 0) is 13.8 Å². The molecule has 0 aliphatic rings. The van der Waals surface area contributed by atoms with Gasteiger partial charge in [0.2, 0.25) is 0 Å². The standard InChI is InChI=1S/C3H8FO4P/c1-7-2-3-8-9(4,5)6/h2-3H2,1H3,(H,5,6). The van der Waals surface area contributed by atoms with Crippen molar-refractivity contribution in [3.8, 4) is 0 Å². The molecule has 0 fully saturated rings. The summed E-state index contributed by atoms with van der Waals surface area (Å²) < 4.78 is 29.4. The van der Waals surface area contributed by atoms with E-state index in [1.54, 1.807) is 0 Å². The molecule has 0 rings (SSSR count). The van der Waals surface area contributed by atoms with Crippen LogP contribution in [-0.4, -0.2) is 25.2 Å². The van der Waals surface area contributed by atoms with Gasteiger partial charge < -0.3 is 4.74 Å². The summed E-state index contributed by atoms with van der Waals surface area (Å²) in [7, 11) is -3.40. The molecular formula is C3H8FO4P. The van der Waals surface area contributed by atoms with Gasteiger partial charge in [-0.2, -0.15) is 0 Å². The molecule has 56 valence electrons. The van der Waals surface area contributed by atoms with Crippen molar-refractivity contribution in [2.45, 2.75) is 0 Å². The Morgan fingerprint density at radius 2 is 2.22 bits per heavy atom. The highest BCUT2D eigenvalue weighted by molar-refractivity contribution is 7.46. The van der Waals surface area contributed by atoms with E-state index in [4.69, 9.17) is 4.89 Å². The molecule has 1 N–H and O–H groups in total. The molecule has 1 atom stereocenters. The molecule has 0 aromatic carbocycles. The van der Waals surface area contributed by atoms with Crippen molar-refractivity contribution in [1.82, 2.24) is 0 Å². The van der Waals surface area contributed by atoms with Gasteiger partial charge in [0.05, 0.1) is 13.2 Å². The number of halogens is 1. The Morgan fingerprint density at radius 1 is 1.67 bits per heavy atom. The van der Waals surface area contributed by atoms with Crippen LogP contribution in [0.25, 0.3) is 0 Å². The number of hydrogen-bond donors (Lipinski definition) is 1. The van der Waals surface area contributed by atoms with E-state index >= 15 is 0 Å². The second-order valence-electron chi connectivity index (χ2n) is 1.28. The first-order valence-corrected chi connectivity index (χ1v) is 3.69. The molecule has 0 saturated heterocycles. The molecule has 0 aliphatic carbocycles. The lowest BCUT2D eigenvalue weighted by atomic mass is 10.8. The number of hydrogen-bond acceptors (Lipinski definition) is 3. The lowest BCUT2D eigenvalue weighted by Crippen LogP contribution is -1.97. The molecule has 9 heavy (non-hydrogen) atoms. The molecule has 0 heterocycles. The molecule has 0 aliphatic heterocycles. The Balaban J connectivity index is 3.18. The van der Waals surface area contributed by atoms with Gasteiger partial charge in [-0.1, -0.05) is 0 Å². The van der Waals surface area contributed by atoms with Gasteiger partial charge in [-0.05, 0) is 0 Å². The Morgan fingerprint density at radius 3 is 2.56 bits per heavy atom. The fourth-order valence-corrected chi connectivity index (χ4v) is 0.533. The van der Waals surface area contributed by atoms with Gasteiger partial charge in [0.25, 0.3) is 0 Å². The molecule has 1 unspecified atom stereocenters. The third-order valence-electron chi connectivity index (χ3n) is 0.538. The minimum Gasteiger partial charge on any atom is -0.382 e. The van der Waals surface area contributed by atoms with Crippen LogP contribution in [0.15, 0.2) is 0 Å². The highest BCUT2D eigenvalue weighted by atomic mass is 31.2. The summed E-state index contributed by atoms with van der Waals surface area (Å²) in [4.78, 5) is 7.86. The maximum atomic E-state index is 11.5. The molecule has 0 bridgehead atoms. The van der Waals surface area contributed by atoms with Crippen LogP contribution in [0.3, 0.4) is 0 Å². The fraction of sp³-hybridized carbons (Fsp3) is 1.00. The Bertz CT molecular complexity index is 110. The predicted octanol–water partition coefficient (Wildman–Crippen LogP) is 0.719. The number of rotatable bonds is 4. The zero-order valence-electron chi connectivity index (χ0n) is 4.91. The van der Waals surface area contributed by atoms with Crippen molar-refractivity contribution in [3.63, 3.8) is 0 Å². The average molecular weight is 158 g/mol. The summed E-state index contributed by atoms with van der Waals surface area (Å²) >= 11 is 0. The molecular weight excluding hydrogens is 150 g/mol. The van der Waals surface area contributed by atoms with Crippen molar-refractivity contribution in [3.05, 3.63) is 0 Å². The van der Waals surface area contributed by atoms with Crippen molar-refractivity contribution >= 4 is 7.91 Å². The van der Waals surface area contributed by atoms with E-state index in [-0.39, 0.29) is 13.2 Å². The summed E-state index contributed by atoms with van der Waals surface area (Å²) in [6.45, 7) is -0.102. The lowest BCUT2D eigenvalue weighted by molar-refractivity contribution is 0.129. The second kappa shape index (κ2) is 3.95. The van der Waals surface area contributed by atoms with Gasteiger partial charge in [0.15, 0.2) is 0 Å². The van der Waals surface area contributed by atoms with E-state index < -0.39 is 7.91 Å². The topological polar surface area (TPSA) is 55.8 Å². The first-order chi connectivity index (χ1) is 4.06. The summed E-state index contributed by atoms with van der Waals surface area (Å²) in [5.41, 5.74) is 0. The van der Waals surface area contributed by atoms with E-state index in [1.807, 2.05) is 0 Å². The first-order valence-electron chi connectivity index (χ1n) is 2.22. The highest BCUT2D eigenvalue weighted by Gasteiger charge is 2.15. The van der Waals surface area contributed by atoms with E-state index in [0.717, 1.165) is 0 Å². The largest absolute Gasteiger partial charge is 0.510 e. The fourth-order valence-electron chi connectivity index (χ4n) is 0.233. The monoisotopic (exact) mass is 158 g/mol. The van der Waals surface area contributed by atoms with E-state index in [9.17, 15) is 8.76 Å². The zero-order valence-corrected chi connectivity index (χ0v) is 5.81. The zero-order chi connectivity index (χ0) is 7.33. The summed E-state index contributed by atoms with van der Waals surface area (Å²) in [6.07, 6.45) is 0. The van der Waals surface area contributed by atoms with Crippen LogP contribution >= 0.6 is 7.91 Å². The molecule has 0 saturated carbocycles. The molecule has 0 amide bonds. The summed E-state index contributed by atoms with van der Waals surface area (Å²) in [5, 5.41) is 0. The molecule has 4 nitrogen and oxygen atoms in total. The van der Waals surface area contributed by atoms with Gasteiger partial charge >= 0.3 is 7.91 Å². The molecule has 0 aromatic rings. The van der Waals surface area contributed by atoms with Crippen LogP contribution in [0.1, 0.15) is 0 Å². The highest BCUT2D eigenvalue weighted by Crippen LogP contribution is 2.42. The van der Waals surface area contributed by atoms with Crippen molar-refractivity contribution in [2.75, 3.05) is 20.3 Å². The van der Waals surface area contributed by atoms with E-state index in [2.05, 4.69) is 9.26 Å². The van der Waals surface area contributed by atoms with Crippen LogP contribution in [0.5, 0.6) is 0 Å². The Hall–Kier alpha value is 0.0400. The quantitative estimate of drug-likeness (QED) is 0.483. The number of ether oxygens (including phenoxy) is 1. The van der Waals surface area contributed by atoms with Crippen LogP contribution in [0, 0.1) is 0 Å². The maximum Gasteiger partial charge on any atom is 0.510 e. The van der Waals surface area contributed by atoms with Gasteiger partial charge in [0, 0.05) is 7.11 Å². The SMILES string of the molecule is COCCOP(=O)(O)F. The molecule has 0 spiro atoms. The third-order valence-corrected chi connectivity index (χ3v) is 1.04. The van der Waals surface area contributed by atoms with Crippen LogP contribution in [0.2, 0.25) is 0 Å². The predicted molar refractivity (Wildman–Crippen MR) is 28.8 cm³/mol. The minimum absolute atomic E-state index is 0.106. The van der Waals surface area contributed by atoms with Crippen molar-refractivity contribution in [2.24, 2.45) is 0 Å². The van der Waals surface area contributed by atoms with Gasteiger partial charge in [-0.15, -0.1) is 4.20 Å². The summed E-state index contributed by atoms with van der Waals surface area (Å²) in [5.74, 6) is 0. The first kappa shape index (κ1) is 9.04. The van der Waals surface area contributed by atoms with Crippen LogP contribution < -0.4 is 0 Å². The Kier molecular flexibility index (Phi) is 3.97. The van der Waals surface area contributed by atoms with Crippen molar-refractivity contribution in [1.29, 1.82) is 0 Å². The van der Waals surface area contributed by atoms with E-state index in [1.165, 1.54) is 7.11 Å². The second-order valence-corrected chi connectivity index (χ2v) is 2.44. The molecule has 0 aromatic heterocycles. The Labute approximate surface area is 52.2 Å².